The molecule has 0 radical (unpaired) electrons. The zero-order valence-corrected chi connectivity index (χ0v) is 15.9. The first kappa shape index (κ1) is 19.9. The molecular weight excluding hydrogens is 355 g/mol. The highest BCUT2D eigenvalue weighted by Gasteiger charge is 2.18. The zero-order chi connectivity index (χ0) is 19.3. The molecule has 26 heavy (non-hydrogen) atoms. The summed E-state index contributed by atoms with van der Waals surface area (Å²) in [6, 6.07) is 12.1. The van der Waals surface area contributed by atoms with Crippen molar-refractivity contribution in [3.8, 4) is 0 Å². The highest BCUT2D eigenvalue weighted by molar-refractivity contribution is 7.92. The van der Waals surface area contributed by atoms with Crippen LogP contribution in [0.2, 0.25) is 0 Å². The molecule has 0 fully saturated rings. The molecule has 0 heterocycles. The van der Waals surface area contributed by atoms with Crippen molar-refractivity contribution < 1.29 is 17.6 Å². The minimum atomic E-state index is -3.54. The summed E-state index contributed by atoms with van der Waals surface area (Å²) >= 11 is 0. The molecule has 5 nitrogen and oxygen atoms in total. The van der Waals surface area contributed by atoms with Crippen LogP contribution in [0, 0.1) is 5.82 Å². The van der Waals surface area contributed by atoms with Crippen molar-refractivity contribution in [3.63, 3.8) is 0 Å². The Morgan fingerprint density at radius 3 is 2.19 bits per heavy atom. The second-order valence-electron chi connectivity index (χ2n) is 6.23. The molecule has 0 aromatic heterocycles. The number of carbonyl (C=O) groups excluding carboxylic acids is 1. The van der Waals surface area contributed by atoms with E-state index in [0.29, 0.717) is 16.8 Å². The van der Waals surface area contributed by atoms with Gasteiger partial charge in [0.25, 0.3) is 5.91 Å². The molecule has 0 saturated carbocycles. The number of amides is 1. The van der Waals surface area contributed by atoms with Gasteiger partial charge in [0.2, 0.25) is 10.0 Å². The summed E-state index contributed by atoms with van der Waals surface area (Å²) in [5.74, 6) is -0.577. The lowest BCUT2D eigenvalue weighted by molar-refractivity contribution is 0.0939. The van der Waals surface area contributed by atoms with E-state index in [-0.39, 0.29) is 24.3 Å². The largest absolute Gasteiger partial charge is 0.350 e. The van der Waals surface area contributed by atoms with Gasteiger partial charge in [-0.2, -0.15) is 0 Å². The highest BCUT2D eigenvalue weighted by atomic mass is 32.2. The van der Waals surface area contributed by atoms with Gasteiger partial charge >= 0.3 is 0 Å². The summed E-state index contributed by atoms with van der Waals surface area (Å²) in [6.07, 6.45) is 1.93. The standard InChI is InChI=1S/C19H23FN2O3S/c1-4-14(2)21-19(23)16-7-11-18(12-8-16)22(26(3,24)25)13-15-5-9-17(20)10-6-15/h5-12,14H,4,13H2,1-3H3,(H,21,23)/t14-/m1/s1. The summed E-state index contributed by atoms with van der Waals surface area (Å²) in [6.45, 7) is 3.98. The SMILES string of the molecule is CC[C@@H](C)NC(=O)c1ccc(N(Cc2ccc(F)cc2)S(C)(=O)=O)cc1. The number of carbonyl (C=O) groups is 1. The third-order valence-corrected chi connectivity index (χ3v) is 5.19. The number of nitrogens with one attached hydrogen (secondary N) is 1. The fraction of sp³-hybridized carbons (Fsp3) is 0.316. The Balaban J connectivity index is 2.23. The van der Waals surface area contributed by atoms with Crippen molar-refractivity contribution in [1.82, 2.24) is 5.32 Å². The molecule has 2 aromatic rings. The molecule has 0 bridgehead atoms. The lowest BCUT2D eigenvalue weighted by Crippen LogP contribution is -2.32. The second kappa shape index (κ2) is 8.31. The molecule has 0 aliphatic carbocycles. The third-order valence-electron chi connectivity index (χ3n) is 4.05. The lowest BCUT2D eigenvalue weighted by atomic mass is 10.1. The molecule has 0 saturated heterocycles. The molecular formula is C19H23FN2O3S. The number of hydrogen-bond acceptors (Lipinski definition) is 3. The van der Waals surface area contributed by atoms with Crippen LogP contribution < -0.4 is 9.62 Å². The van der Waals surface area contributed by atoms with Crippen LogP contribution in [0.5, 0.6) is 0 Å². The molecule has 0 spiro atoms. The van der Waals surface area contributed by atoms with Gasteiger partial charge < -0.3 is 5.32 Å². The van der Waals surface area contributed by atoms with Gasteiger partial charge in [0.05, 0.1) is 18.5 Å². The first-order valence-electron chi connectivity index (χ1n) is 8.33. The van der Waals surface area contributed by atoms with Crippen LogP contribution in [-0.4, -0.2) is 26.6 Å². The summed E-state index contributed by atoms with van der Waals surface area (Å²) in [5.41, 5.74) is 1.57. The smallest absolute Gasteiger partial charge is 0.251 e. The number of hydrogen-bond donors (Lipinski definition) is 1. The molecule has 7 heteroatoms. The number of anilines is 1. The van der Waals surface area contributed by atoms with Crippen molar-refractivity contribution in [2.75, 3.05) is 10.6 Å². The van der Waals surface area contributed by atoms with Crippen LogP contribution in [0.15, 0.2) is 48.5 Å². The minimum Gasteiger partial charge on any atom is -0.350 e. The van der Waals surface area contributed by atoms with Crippen LogP contribution in [0.25, 0.3) is 0 Å². The van der Waals surface area contributed by atoms with Crippen molar-refractivity contribution in [3.05, 3.63) is 65.5 Å². The minimum absolute atomic E-state index is 0.0631. The Morgan fingerprint density at radius 2 is 1.69 bits per heavy atom. The maximum atomic E-state index is 13.0. The van der Waals surface area contributed by atoms with E-state index in [4.69, 9.17) is 0 Å². The molecule has 2 rings (SSSR count). The van der Waals surface area contributed by atoms with Gasteiger partial charge in [0.15, 0.2) is 0 Å². The maximum absolute atomic E-state index is 13.0. The topological polar surface area (TPSA) is 66.5 Å². The van der Waals surface area contributed by atoms with Crippen molar-refractivity contribution in [1.29, 1.82) is 0 Å². The Morgan fingerprint density at radius 1 is 1.12 bits per heavy atom. The van der Waals surface area contributed by atoms with E-state index in [0.717, 1.165) is 12.7 Å². The predicted molar refractivity (Wildman–Crippen MR) is 101 cm³/mol. The van der Waals surface area contributed by atoms with Crippen molar-refractivity contribution in [2.24, 2.45) is 0 Å². The van der Waals surface area contributed by atoms with Crippen LogP contribution in [0.4, 0.5) is 10.1 Å². The third kappa shape index (κ3) is 5.29. The van der Waals surface area contributed by atoms with Gasteiger partial charge in [-0.1, -0.05) is 19.1 Å². The molecule has 0 aliphatic rings. The van der Waals surface area contributed by atoms with E-state index in [1.807, 2.05) is 13.8 Å². The van der Waals surface area contributed by atoms with Gasteiger partial charge in [-0.25, -0.2) is 12.8 Å². The molecule has 0 unspecified atom stereocenters. The Kier molecular flexibility index (Phi) is 6.37. The van der Waals surface area contributed by atoms with E-state index in [2.05, 4.69) is 5.32 Å². The fourth-order valence-electron chi connectivity index (χ4n) is 2.34. The summed E-state index contributed by atoms with van der Waals surface area (Å²) in [4.78, 5) is 12.1. The average molecular weight is 378 g/mol. The average Bonchev–Trinajstić information content (AvgIpc) is 2.60. The number of halogens is 1. The first-order chi connectivity index (χ1) is 12.2. The van der Waals surface area contributed by atoms with E-state index in [1.165, 1.54) is 16.4 Å². The quantitative estimate of drug-likeness (QED) is 0.804. The van der Waals surface area contributed by atoms with Gasteiger partial charge in [0.1, 0.15) is 5.82 Å². The van der Waals surface area contributed by atoms with Gasteiger partial charge in [-0.15, -0.1) is 0 Å². The van der Waals surface area contributed by atoms with Gasteiger partial charge in [0, 0.05) is 11.6 Å². The summed E-state index contributed by atoms with van der Waals surface area (Å²) < 4.78 is 38.6. The number of sulfonamides is 1. The summed E-state index contributed by atoms with van der Waals surface area (Å²) in [7, 11) is -3.54. The number of rotatable bonds is 7. The monoisotopic (exact) mass is 378 g/mol. The molecule has 140 valence electrons. The summed E-state index contributed by atoms with van der Waals surface area (Å²) in [5, 5.41) is 2.86. The fourth-order valence-corrected chi connectivity index (χ4v) is 3.23. The Labute approximate surface area is 153 Å². The van der Waals surface area contributed by atoms with E-state index in [9.17, 15) is 17.6 Å². The van der Waals surface area contributed by atoms with E-state index >= 15 is 0 Å². The number of benzene rings is 2. The van der Waals surface area contributed by atoms with Crippen LogP contribution in [0.1, 0.15) is 36.2 Å². The predicted octanol–water partition coefficient (Wildman–Crippen LogP) is 3.32. The molecule has 0 aliphatic heterocycles. The molecule has 1 atom stereocenters. The Bertz CT molecular complexity index is 849. The molecule has 1 amide bonds. The van der Waals surface area contributed by atoms with Crippen molar-refractivity contribution in [2.45, 2.75) is 32.9 Å². The van der Waals surface area contributed by atoms with Crippen molar-refractivity contribution >= 4 is 21.6 Å². The van der Waals surface area contributed by atoms with Gasteiger partial charge in [-0.05, 0) is 55.3 Å². The van der Waals surface area contributed by atoms with E-state index in [1.54, 1.807) is 36.4 Å². The molecule has 1 N–H and O–H groups in total. The number of nitrogens with zero attached hydrogens (tertiary/aromatic N) is 1. The second-order valence-corrected chi connectivity index (χ2v) is 8.13. The maximum Gasteiger partial charge on any atom is 0.251 e. The first-order valence-corrected chi connectivity index (χ1v) is 10.2. The molecule has 2 aromatic carbocycles. The van der Waals surface area contributed by atoms with Gasteiger partial charge in [-0.3, -0.25) is 9.10 Å². The Hall–Kier alpha value is -2.41. The van der Waals surface area contributed by atoms with Crippen LogP contribution in [0.3, 0.4) is 0 Å². The lowest BCUT2D eigenvalue weighted by Gasteiger charge is -2.23. The normalized spacial score (nSPS) is 12.5. The van der Waals surface area contributed by atoms with Crippen LogP contribution in [-0.2, 0) is 16.6 Å². The zero-order valence-electron chi connectivity index (χ0n) is 15.1. The highest BCUT2D eigenvalue weighted by Crippen LogP contribution is 2.21. The van der Waals surface area contributed by atoms with Crippen LogP contribution >= 0.6 is 0 Å². The van der Waals surface area contributed by atoms with E-state index < -0.39 is 10.0 Å².